The first-order valence-corrected chi connectivity index (χ1v) is 11.3. The summed E-state index contributed by atoms with van der Waals surface area (Å²) in [5.74, 6) is 0.449. The summed E-state index contributed by atoms with van der Waals surface area (Å²) in [7, 11) is 0. The topological polar surface area (TPSA) is 58.6 Å². The largest absolute Gasteiger partial charge is 0.483 e. The van der Waals surface area contributed by atoms with Gasteiger partial charge >= 0.3 is 0 Å². The van der Waals surface area contributed by atoms with Crippen molar-refractivity contribution in [3.8, 4) is 5.75 Å². The molecule has 1 aliphatic carbocycles. The molecule has 5 nitrogen and oxygen atoms in total. The van der Waals surface area contributed by atoms with Crippen molar-refractivity contribution in [1.29, 1.82) is 0 Å². The zero-order chi connectivity index (χ0) is 22.2. The molecule has 3 rings (SSSR count). The van der Waals surface area contributed by atoms with E-state index in [-0.39, 0.29) is 24.5 Å². The lowest BCUT2D eigenvalue weighted by atomic mass is 10.1. The first kappa shape index (κ1) is 22.9. The molecule has 0 unspecified atom stereocenters. The van der Waals surface area contributed by atoms with E-state index < -0.39 is 6.04 Å². The van der Waals surface area contributed by atoms with Gasteiger partial charge in [-0.3, -0.25) is 9.59 Å². The molecule has 31 heavy (non-hydrogen) atoms. The Morgan fingerprint density at radius 1 is 1.10 bits per heavy atom. The first-order valence-electron chi connectivity index (χ1n) is 11.3. The normalized spacial score (nSPS) is 14.8. The smallest absolute Gasteiger partial charge is 0.261 e. The van der Waals surface area contributed by atoms with Crippen LogP contribution in [0.4, 0.5) is 0 Å². The van der Waals surface area contributed by atoms with Crippen LogP contribution < -0.4 is 10.1 Å². The lowest BCUT2D eigenvalue weighted by Gasteiger charge is -2.29. The number of carbonyl (C=O) groups is 2. The van der Waals surface area contributed by atoms with Gasteiger partial charge in [-0.25, -0.2) is 0 Å². The standard InChI is InChI=1S/C26H34N2O3/c1-19-13-14-20(2)24(17-19)31-18-25(29)28(16-15-22-9-5-4-6-10-22)21(3)26(30)27-23-11-7-8-12-23/h4-6,9-10,13-14,17,21,23H,7-8,11-12,15-16,18H2,1-3H3,(H,27,30)/t21-/m1/s1. The van der Waals surface area contributed by atoms with Crippen LogP contribution in [0, 0.1) is 13.8 Å². The summed E-state index contributed by atoms with van der Waals surface area (Å²) in [5.41, 5.74) is 3.21. The molecule has 1 N–H and O–H groups in total. The summed E-state index contributed by atoms with van der Waals surface area (Å²) >= 11 is 0. The Hall–Kier alpha value is -2.82. The van der Waals surface area contributed by atoms with Gasteiger partial charge in [0.1, 0.15) is 11.8 Å². The van der Waals surface area contributed by atoms with E-state index >= 15 is 0 Å². The molecule has 0 spiro atoms. The SMILES string of the molecule is Cc1ccc(C)c(OCC(=O)N(CCc2ccccc2)[C@H](C)C(=O)NC2CCCC2)c1. The number of amides is 2. The van der Waals surface area contributed by atoms with Crippen LogP contribution in [0.25, 0.3) is 0 Å². The first-order chi connectivity index (χ1) is 14.9. The van der Waals surface area contributed by atoms with Crippen LogP contribution in [0.1, 0.15) is 49.3 Å². The quantitative estimate of drug-likeness (QED) is 0.659. The minimum Gasteiger partial charge on any atom is -0.483 e. The van der Waals surface area contributed by atoms with Gasteiger partial charge in [-0.05, 0) is 62.8 Å². The summed E-state index contributed by atoms with van der Waals surface area (Å²) < 4.78 is 5.85. The van der Waals surface area contributed by atoms with Crippen LogP contribution in [-0.4, -0.2) is 41.9 Å². The van der Waals surface area contributed by atoms with Gasteiger partial charge < -0.3 is 15.0 Å². The highest BCUT2D eigenvalue weighted by molar-refractivity contribution is 5.88. The van der Waals surface area contributed by atoms with Crippen molar-refractivity contribution in [3.05, 3.63) is 65.2 Å². The summed E-state index contributed by atoms with van der Waals surface area (Å²) in [5, 5.41) is 3.13. The summed E-state index contributed by atoms with van der Waals surface area (Å²) in [6.07, 6.45) is 5.04. The fourth-order valence-electron chi connectivity index (χ4n) is 4.05. The number of rotatable bonds is 9. The number of nitrogens with zero attached hydrogens (tertiary/aromatic N) is 1. The van der Waals surface area contributed by atoms with Crippen molar-refractivity contribution >= 4 is 11.8 Å². The Morgan fingerprint density at radius 2 is 1.81 bits per heavy atom. The average Bonchev–Trinajstić information content (AvgIpc) is 3.28. The second-order valence-electron chi connectivity index (χ2n) is 8.55. The molecule has 2 amide bonds. The Kier molecular flexibility index (Phi) is 8.10. The van der Waals surface area contributed by atoms with Gasteiger partial charge in [-0.15, -0.1) is 0 Å². The minimum absolute atomic E-state index is 0.0832. The minimum atomic E-state index is -0.543. The summed E-state index contributed by atoms with van der Waals surface area (Å²) in [4.78, 5) is 27.7. The molecule has 0 radical (unpaired) electrons. The maximum atomic E-state index is 13.1. The molecule has 0 saturated heterocycles. The van der Waals surface area contributed by atoms with Gasteiger partial charge in [-0.2, -0.15) is 0 Å². The molecule has 1 saturated carbocycles. The monoisotopic (exact) mass is 422 g/mol. The van der Waals surface area contributed by atoms with E-state index in [1.807, 2.05) is 69.3 Å². The molecule has 0 heterocycles. The summed E-state index contributed by atoms with van der Waals surface area (Å²) in [6, 6.07) is 15.7. The zero-order valence-corrected chi connectivity index (χ0v) is 18.9. The molecule has 0 bridgehead atoms. The number of ether oxygens (including phenoxy) is 1. The van der Waals surface area contributed by atoms with Gasteiger partial charge in [-0.1, -0.05) is 55.3 Å². The van der Waals surface area contributed by atoms with Gasteiger partial charge in [0.15, 0.2) is 6.61 Å². The van der Waals surface area contributed by atoms with Gasteiger partial charge in [0, 0.05) is 12.6 Å². The van der Waals surface area contributed by atoms with E-state index in [4.69, 9.17) is 4.74 Å². The molecule has 1 fully saturated rings. The molecule has 5 heteroatoms. The predicted molar refractivity (Wildman–Crippen MR) is 123 cm³/mol. The molecular weight excluding hydrogens is 388 g/mol. The fraction of sp³-hybridized carbons (Fsp3) is 0.462. The second-order valence-corrected chi connectivity index (χ2v) is 8.55. The highest BCUT2D eigenvalue weighted by atomic mass is 16.5. The van der Waals surface area contributed by atoms with E-state index in [2.05, 4.69) is 5.32 Å². The average molecular weight is 423 g/mol. The third-order valence-corrected chi connectivity index (χ3v) is 6.05. The van der Waals surface area contributed by atoms with Crippen molar-refractivity contribution < 1.29 is 14.3 Å². The van der Waals surface area contributed by atoms with Crippen LogP contribution >= 0.6 is 0 Å². The molecule has 1 atom stereocenters. The molecule has 0 aliphatic heterocycles. The van der Waals surface area contributed by atoms with E-state index in [0.29, 0.717) is 18.7 Å². The Balaban J connectivity index is 1.67. The lowest BCUT2D eigenvalue weighted by molar-refractivity contribution is -0.141. The number of benzene rings is 2. The Morgan fingerprint density at radius 3 is 2.52 bits per heavy atom. The fourth-order valence-corrected chi connectivity index (χ4v) is 4.05. The van der Waals surface area contributed by atoms with Crippen molar-refractivity contribution in [2.24, 2.45) is 0 Å². The lowest BCUT2D eigenvalue weighted by Crippen LogP contribution is -2.51. The second kappa shape index (κ2) is 11.0. The van der Waals surface area contributed by atoms with Gasteiger partial charge in [0.05, 0.1) is 0 Å². The van der Waals surface area contributed by atoms with Crippen molar-refractivity contribution in [3.63, 3.8) is 0 Å². The third-order valence-electron chi connectivity index (χ3n) is 6.05. The van der Waals surface area contributed by atoms with E-state index in [1.54, 1.807) is 4.90 Å². The third kappa shape index (κ3) is 6.58. The van der Waals surface area contributed by atoms with Crippen molar-refractivity contribution in [2.45, 2.75) is 65.0 Å². The van der Waals surface area contributed by atoms with Crippen molar-refractivity contribution in [2.75, 3.05) is 13.2 Å². The van der Waals surface area contributed by atoms with Crippen LogP contribution in [0.15, 0.2) is 48.5 Å². The number of hydrogen-bond acceptors (Lipinski definition) is 3. The van der Waals surface area contributed by atoms with Crippen LogP contribution in [0.3, 0.4) is 0 Å². The molecule has 166 valence electrons. The molecule has 1 aliphatic rings. The predicted octanol–water partition coefficient (Wildman–Crippen LogP) is 4.20. The van der Waals surface area contributed by atoms with Crippen LogP contribution in [-0.2, 0) is 16.0 Å². The van der Waals surface area contributed by atoms with Crippen LogP contribution in [0.5, 0.6) is 5.75 Å². The molecule has 0 aromatic heterocycles. The van der Waals surface area contributed by atoms with E-state index in [1.165, 1.54) is 0 Å². The maximum absolute atomic E-state index is 13.1. The number of hydrogen-bond donors (Lipinski definition) is 1. The number of nitrogens with one attached hydrogen (secondary N) is 1. The van der Waals surface area contributed by atoms with Gasteiger partial charge in [0.25, 0.3) is 5.91 Å². The Labute approximate surface area is 185 Å². The number of carbonyl (C=O) groups excluding carboxylic acids is 2. The van der Waals surface area contributed by atoms with Gasteiger partial charge in [0.2, 0.25) is 5.91 Å². The number of aryl methyl sites for hydroxylation is 2. The highest BCUT2D eigenvalue weighted by Crippen LogP contribution is 2.20. The maximum Gasteiger partial charge on any atom is 0.261 e. The highest BCUT2D eigenvalue weighted by Gasteiger charge is 2.28. The van der Waals surface area contributed by atoms with Crippen molar-refractivity contribution in [1.82, 2.24) is 10.2 Å². The van der Waals surface area contributed by atoms with E-state index in [0.717, 1.165) is 42.4 Å². The molecule has 2 aromatic rings. The summed E-state index contributed by atoms with van der Waals surface area (Å²) in [6.45, 7) is 6.16. The van der Waals surface area contributed by atoms with Crippen LogP contribution in [0.2, 0.25) is 0 Å². The zero-order valence-electron chi connectivity index (χ0n) is 18.9. The molecular formula is C26H34N2O3. The van der Waals surface area contributed by atoms with E-state index in [9.17, 15) is 9.59 Å². The molecule has 2 aromatic carbocycles. The Bertz CT molecular complexity index is 875.